The number of hydrogen-bond donors (Lipinski definition) is 1. The molecule has 2 rings (SSSR count). The van der Waals surface area contributed by atoms with Gasteiger partial charge in [0.15, 0.2) is 0 Å². The van der Waals surface area contributed by atoms with Crippen LogP contribution in [-0.4, -0.2) is 13.6 Å². The van der Waals surface area contributed by atoms with Gasteiger partial charge in [0.25, 0.3) is 0 Å². The van der Waals surface area contributed by atoms with E-state index in [0.717, 1.165) is 5.56 Å². The van der Waals surface area contributed by atoms with Crippen molar-refractivity contribution in [2.75, 3.05) is 13.6 Å². The molecule has 2 aromatic rings. The molecule has 2 aromatic carbocycles. The van der Waals surface area contributed by atoms with Gasteiger partial charge in [-0.15, -0.1) is 0 Å². The molecule has 0 fully saturated rings. The normalized spacial score (nSPS) is 12.4. The highest BCUT2D eigenvalue weighted by Gasteiger charge is 2.17. The van der Waals surface area contributed by atoms with Crippen LogP contribution in [0.1, 0.15) is 22.6 Å². The van der Waals surface area contributed by atoms with Crippen LogP contribution in [0.3, 0.4) is 0 Å². The number of halogens is 2. The zero-order valence-corrected chi connectivity index (χ0v) is 11.8. The Bertz CT molecular complexity index is 543. The summed E-state index contributed by atoms with van der Waals surface area (Å²) < 4.78 is 27.5. The van der Waals surface area contributed by atoms with Crippen LogP contribution < -0.4 is 5.32 Å². The molecule has 0 amide bonds. The van der Waals surface area contributed by atoms with Gasteiger partial charge in [-0.05, 0) is 38.1 Å². The van der Waals surface area contributed by atoms with E-state index in [4.69, 9.17) is 0 Å². The van der Waals surface area contributed by atoms with Gasteiger partial charge < -0.3 is 5.32 Å². The van der Waals surface area contributed by atoms with E-state index in [-0.39, 0.29) is 11.5 Å². The smallest absolute Gasteiger partial charge is 0.129 e. The Kier molecular flexibility index (Phi) is 4.85. The van der Waals surface area contributed by atoms with Crippen LogP contribution in [0, 0.1) is 18.6 Å². The predicted molar refractivity (Wildman–Crippen MR) is 77.9 cm³/mol. The molecule has 1 atom stereocenters. The molecular formula is C17H19F2N. The van der Waals surface area contributed by atoms with Gasteiger partial charge in [0.1, 0.15) is 11.6 Å². The van der Waals surface area contributed by atoms with E-state index in [0.29, 0.717) is 13.0 Å². The van der Waals surface area contributed by atoms with E-state index in [1.165, 1.54) is 23.8 Å². The first-order valence-corrected chi connectivity index (χ1v) is 6.76. The van der Waals surface area contributed by atoms with E-state index < -0.39 is 11.6 Å². The van der Waals surface area contributed by atoms with E-state index in [9.17, 15) is 8.78 Å². The van der Waals surface area contributed by atoms with Crippen molar-refractivity contribution < 1.29 is 8.78 Å². The van der Waals surface area contributed by atoms with E-state index in [2.05, 4.69) is 5.32 Å². The van der Waals surface area contributed by atoms with Crippen molar-refractivity contribution in [3.05, 3.63) is 70.8 Å². The fraction of sp³-hybridized carbons (Fsp3) is 0.294. The number of nitrogens with one attached hydrogen (secondary N) is 1. The first kappa shape index (κ1) is 14.7. The van der Waals surface area contributed by atoms with Crippen LogP contribution in [0.4, 0.5) is 8.78 Å². The molecule has 0 aliphatic rings. The molecule has 20 heavy (non-hydrogen) atoms. The lowest BCUT2D eigenvalue weighted by Gasteiger charge is -2.18. The average Bonchev–Trinajstić information content (AvgIpc) is 2.43. The minimum Gasteiger partial charge on any atom is -0.319 e. The predicted octanol–water partition coefficient (Wildman–Crippen LogP) is 3.82. The SMILES string of the molecule is CNCC(Cc1c(F)cccc1F)c1ccc(C)cc1. The third kappa shape index (κ3) is 3.42. The van der Waals surface area contributed by atoms with Crippen LogP contribution in [0.2, 0.25) is 0 Å². The quantitative estimate of drug-likeness (QED) is 0.874. The van der Waals surface area contributed by atoms with Crippen molar-refractivity contribution >= 4 is 0 Å². The fourth-order valence-corrected chi connectivity index (χ4v) is 2.37. The fourth-order valence-electron chi connectivity index (χ4n) is 2.37. The first-order valence-electron chi connectivity index (χ1n) is 6.76. The third-order valence-electron chi connectivity index (χ3n) is 3.51. The molecule has 0 saturated carbocycles. The van der Waals surface area contributed by atoms with Crippen LogP contribution in [0.15, 0.2) is 42.5 Å². The highest BCUT2D eigenvalue weighted by atomic mass is 19.1. The Morgan fingerprint density at radius 3 is 2.15 bits per heavy atom. The lowest BCUT2D eigenvalue weighted by Crippen LogP contribution is -2.20. The molecule has 0 bridgehead atoms. The molecule has 0 aliphatic heterocycles. The number of rotatable bonds is 5. The molecule has 0 aliphatic carbocycles. The minimum absolute atomic E-state index is 0.0481. The highest BCUT2D eigenvalue weighted by Crippen LogP contribution is 2.24. The summed E-state index contributed by atoms with van der Waals surface area (Å²) >= 11 is 0. The summed E-state index contributed by atoms with van der Waals surface area (Å²) in [6.45, 7) is 2.70. The van der Waals surface area contributed by atoms with Crippen molar-refractivity contribution in [2.24, 2.45) is 0 Å². The second-order valence-corrected chi connectivity index (χ2v) is 5.07. The van der Waals surface area contributed by atoms with Gasteiger partial charge >= 0.3 is 0 Å². The molecule has 0 heterocycles. The van der Waals surface area contributed by atoms with Gasteiger partial charge in [-0.1, -0.05) is 35.9 Å². The molecule has 106 valence electrons. The summed E-state index contributed by atoms with van der Waals surface area (Å²) in [5.41, 5.74) is 2.43. The highest BCUT2D eigenvalue weighted by molar-refractivity contribution is 5.28. The standard InChI is InChI=1S/C17H19F2N/c1-12-6-8-13(9-7-12)14(11-20-2)10-15-16(18)4-3-5-17(15)19/h3-9,14,20H,10-11H2,1-2H3. The van der Waals surface area contributed by atoms with Crippen molar-refractivity contribution in [3.8, 4) is 0 Å². The molecule has 0 saturated heterocycles. The molecule has 3 heteroatoms. The van der Waals surface area contributed by atoms with E-state index >= 15 is 0 Å². The van der Waals surface area contributed by atoms with Gasteiger partial charge in [0, 0.05) is 18.0 Å². The van der Waals surface area contributed by atoms with Gasteiger partial charge in [-0.2, -0.15) is 0 Å². The average molecular weight is 275 g/mol. The maximum absolute atomic E-state index is 13.8. The van der Waals surface area contributed by atoms with Crippen LogP contribution in [-0.2, 0) is 6.42 Å². The van der Waals surface area contributed by atoms with Crippen LogP contribution in [0.5, 0.6) is 0 Å². The number of likely N-dealkylation sites (N-methyl/N-ethyl adjacent to an activating group) is 1. The Morgan fingerprint density at radius 1 is 1.00 bits per heavy atom. The molecular weight excluding hydrogens is 256 g/mol. The van der Waals surface area contributed by atoms with Crippen molar-refractivity contribution in [1.82, 2.24) is 5.32 Å². The van der Waals surface area contributed by atoms with Crippen LogP contribution in [0.25, 0.3) is 0 Å². The molecule has 1 N–H and O–H groups in total. The lowest BCUT2D eigenvalue weighted by atomic mass is 9.91. The molecule has 0 aromatic heterocycles. The van der Waals surface area contributed by atoms with Gasteiger partial charge in [-0.3, -0.25) is 0 Å². The van der Waals surface area contributed by atoms with Gasteiger partial charge in [-0.25, -0.2) is 8.78 Å². The second-order valence-electron chi connectivity index (χ2n) is 5.07. The van der Waals surface area contributed by atoms with Gasteiger partial charge in [0.2, 0.25) is 0 Å². The largest absolute Gasteiger partial charge is 0.319 e. The maximum atomic E-state index is 13.8. The lowest BCUT2D eigenvalue weighted by molar-refractivity contribution is 0.529. The number of aryl methyl sites for hydroxylation is 1. The monoisotopic (exact) mass is 275 g/mol. The van der Waals surface area contributed by atoms with Crippen LogP contribution >= 0.6 is 0 Å². The second kappa shape index (κ2) is 6.62. The Hall–Kier alpha value is -1.74. The summed E-state index contributed by atoms with van der Waals surface area (Å²) in [4.78, 5) is 0. The number of hydrogen-bond acceptors (Lipinski definition) is 1. The maximum Gasteiger partial charge on any atom is 0.129 e. The van der Waals surface area contributed by atoms with Crippen molar-refractivity contribution in [1.29, 1.82) is 0 Å². The topological polar surface area (TPSA) is 12.0 Å². The Balaban J connectivity index is 2.28. The van der Waals surface area contributed by atoms with E-state index in [1.54, 1.807) is 0 Å². The summed E-state index contributed by atoms with van der Waals surface area (Å²) in [5, 5.41) is 3.10. The molecule has 0 radical (unpaired) electrons. The molecule has 1 unspecified atom stereocenters. The third-order valence-corrected chi connectivity index (χ3v) is 3.51. The first-order chi connectivity index (χ1) is 9.61. The molecule has 0 spiro atoms. The van der Waals surface area contributed by atoms with Crippen molar-refractivity contribution in [3.63, 3.8) is 0 Å². The minimum atomic E-state index is -0.474. The van der Waals surface area contributed by atoms with E-state index in [1.807, 2.05) is 38.2 Å². The summed E-state index contributed by atoms with van der Waals surface area (Å²) in [7, 11) is 1.85. The Labute approximate surface area is 118 Å². The number of benzene rings is 2. The summed E-state index contributed by atoms with van der Waals surface area (Å²) in [6.07, 6.45) is 0.350. The van der Waals surface area contributed by atoms with Crippen molar-refractivity contribution in [2.45, 2.75) is 19.3 Å². The molecule has 1 nitrogen and oxygen atoms in total. The zero-order chi connectivity index (χ0) is 14.5. The summed E-state index contributed by atoms with van der Waals surface area (Å²) in [5.74, 6) is -0.900. The summed E-state index contributed by atoms with van der Waals surface area (Å²) in [6, 6.07) is 12.1. The Morgan fingerprint density at radius 2 is 1.60 bits per heavy atom. The zero-order valence-electron chi connectivity index (χ0n) is 11.8. The van der Waals surface area contributed by atoms with Gasteiger partial charge in [0.05, 0.1) is 0 Å².